The zero-order chi connectivity index (χ0) is 14.5. The van der Waals surface area contributed by atoms with E-state index in [1.807, 2.05) is 6.92 Å². The van der Waals surface area contributed by atoms with Gasteiger partial charge in [0.1, 0.15) is 4.88 Å². The molecule has 1 atom stereocenters. The Morgan fingerprint density at radius 2 is 2.35 bits per heavy atom. The summed E-state index contributed by atoms with van der Waals surface area (Å²) >= 11 is 1.19. The minimum atomic E-state index is -0.0147. The molecular formula is C14H24N4OS. The van der Waals surface area contributed by atoms with Crippen LogP contribution < -0.4 is 5.32 Å². The van der Waals surface area contributed by atoms with Crippen LogP contribution >= 0.6 is 11.5 Å². The highest BCUT2D eigenvalue weighted by Crippen LogP contribution is 2.17. The SMILES string of the molecule is CCc1nnsc1C(=O)NC[C@H]1CCN(CC(C)C)C1. The normalized spacial score (nSPS) is 19.7. The van der Waals surface area contributed by atoms with E-state index >= 15 is 0 Å². The third kappa shape index (κ3) is 3.99. The molecule has 0 unspecified atom stereocenters. The molecule has 112 valence electrons. The summed E-state index contributed by atoms with van der Waals surface area (Å²) in [5.74, 6) is 1.27. The van der Waals surface area contributed by atoms with Crippen LogP contribution in [0.4, 0.5) is 0 Å². The molecule has 1 N–H and O–H groups in total. The number of nitrogens with zero attached hydrogens (tertiary/aromatic N) is 3. The molecule has 0 aromatic carbocycles. The third-order valence-electron chi connectivity index (χ3n) is 3.64. The Bertz CT molecular complexity index is 446. The average molecular weight is 296 g/mol. The number of nitrogens with one attached hydrogen (secondary N) is 1. The highest BCUT2D eigenvalue weighted by molar-refractivity contribution is 7.08. The largest absolute Gasteiger partial charge is 0.351 e. The number of aryl methyl sites for hydroxylation is 1. The van der Waals surface area contributed by atoms with Gasteiger partial charge in [0.05, 0.1) is 5.69 Å². The lowest BCUT2D eigenvalue weighted by atomic mass is 10.1. The summed E-state index contributed by atoms with van der Waals surface area (Å²) in [7, 11) is 0. The molecule has 2 rings (SSSR count). The molecular weight excluding hydrogens is 272 g/mol. The molecule has 0 bridgehead atoms. The Morgan fingerprint density at radius 3 is 3.05 bits per heavy atom. The zero-order valence-electron chi connectivity index (χ0n) is 12.6. The maximum Gasteiger partial charge on any atom is 0.264 e. The van der Waals surface area contributed by atoms with E-state index < -0.39 is 0 Å². The minimum absolute atomic E-state index is 0.0147. The van der Waals surface area contributed by atoms with Crippen molar-refractivity contribution >= 4 is 17.4 Å². The molecule has 1 aromatic rings. The van der Waals surface area contributed by atoms with Crippen molar-refractivity contribution in [3.8, 4) is 0 Å². The smallest absolute Gasteiger partial charge is 0.264 e. The summed E-state index contributed by atoms with van der Waals surface area (Å²) in [6.45, 7) is 10.7. The highest BCUT2D eigenvalue weighted by Gasteiger charge is 2.24. The van der Waals surface area contributed by atoms with Crippen molar-refractivity contribution in [3.63, 3.8) is 0 Å². The highest BCUT2D eigenvalue weighted by atomic mass is 32.1. The Morgan fingerprint density at radius 1 is 1.55 bits per heavy atom. The molecule has 6 heteroatoms. The summed E-state index contributed by atoms with van der Waals surface area (Å²) in [6, 6.07) is 0. The van der Waals surface area contributed by atoms with E-state index in [0.717, 1.165) is 38.3 Å². The average Bonchev–Trinajstić information content (AvgIpc) is 3.03. The quantitative estimate of drug-likeness (QED) is 0.870. The summed E-state index contributed by atoms with van der Waals surface area (Å²) < 4.78 is 3.86. The number of hydrogen-bond acceptors (Lipinski definition) is 5. The summed E-state index contributed by atoms with van der Waals surface area (Å²) in [5, 5.41) is 7.02. The summed E-state index contributed by atoms with van der Waals surface area (Å²) in [6.07, 6.45) is 1.93. The van der Waals surface area contributed by atoms with E-state index in [2.05, 4.69) is 33.7 Å². The fourth-order valence-electron chi connectivity index (χ4n) is 2.69. The molecule has 0 radical (unpaired) electrons. The van der Waals surface area contributed by atoms with Gasteiger partial charge < -0.3 is 10.2 Å². The van der Waals surface area contributed by atoms with Gasteiger partial charge in [0.2, 0.25) is 0 Å². The molecule has 1 aliphatic heterocycles. The van der Waals surface area contributed by atoms with Crippen LogP contribution in [0.2, 0.25) is 0 Å². The Labute approximate surface area is 124 Å². The van der Waals surface area contributed by atoms with Crippen LogP contribution in [0.25, 0.3) is 0 Å². The summed E-state index contributed by atoms with van der Waals surface area (Å²) in [5.41, 5.74) is 0.806. The van der Waals surface area contributed by atoms with Crippen LogP contribution in [0, 0.1) is 11.8 Å². The van der Waals surface area contributed by atoms with E-state index in [1.165, 1.54) is 18.0 Å². The molecule has 0 spiro atoms. The molecule has 0 saturated carbocycles. The number of aromatic nitrogens is 2. The second-order valence-corrected chi connectivity index (χ2v) is 6.67. The van der Waals surface area contributed by atoms with E-state index in [0.29, 0.717) is 16.7 Å². The lowest BCUT2D eigenvalue weighted by molar-refractivity contribution is 0.0950. The number of carbonyl (C=O) groups excluding carboxylic acids is 1. The first-order valence-electron chi connectivity index (χ1n) is 7.42. The van der Waals surface area contributed by atoms with Crippen LogP contribution in [0.5, 0.6) is 0 Å². The van der Waals surface area contributed by atoms with Gasteiger partial charge in [0.25, 0.3) is 5.91 Å². The topological polar surface area (TPSA) is 58.1 Å². The van der Waals surface area contributed by atoms with Crippen LogP contribution in [0.15, 0.2) is 0 Å². The van der Waals surface area contributed by atoms with Crippen LogP contribution in [0.3, 0.4) is 0 Å². The van der Waals surface area contributed by atoms with Gasteiger partial charge in [-0.2, -0.15) is 0 Å². The predicted molar refractivity (Wildman–Crippen MR) is 81.0 cm³/mol. The van der Waals surface area contributed by atoms with Crippen molar-refractivity contribution in [2.75, 3.05) is 26.2 Å². The predicted octanol–water partition coefficient (Wildman–Crippen LogP) is 1.81. The zero-order valence-corrected chi connectivity index (χ0v) is 13.4. The number of rotatable bonds is 6. The van der Waals surface area contributed by atoms with Gasteiger partial charge >= 0.3 is 0 Å². The first-order chi connectivity index (χ1) is 9.60. The van der Waals surface area contributed by atoms with E-state index in [9.17, 15) is 4.79 Å². The molecule has 5 nitrogen and oxygen atoms in total. The van der Waals surface area contributed by atoms with Crippen LogP contribution in [0.1, 0.15) is 42.6 Å². The van der Waals surface area contributed by atoms with Crippen molar-refractivity contribution in [2.24, 2.45) is 11.8 Å². The maximum absolute atomic E-state index is 12.1. The van der Waals surface area contributed by atoms with E-state index in [1.54, 1.807) is 0 Å². The Balaban J connectivity index is 1.77. The number of likely N-dealkylation sites (tertiary alicyclic amines) is 1. The van der Waals surface area contributed by atoms with Gasteiger partial charge in [-0.05, 0) is 42.8 Å². The van der Waals surface area contributed by atoms with E-state index in [-0.39, 0.29) is 5.91 Å². The van der Waals surface area contributed by atoms with Crippen LogP contribution in [-0.2, 0) is 6.42 Å². The standard InChI is InChI=1S/C14H24N4OS/c1-4-12-13(20-17-16-12)14(19)15-7-11-5-6-18(9-11)8-10(2)3/h10-11H,4-9H2,1-3H3,(H,15,19)/t11-/m1/s1. The lowest BCUT2D eigenvalue weighted by Crippen LogP contribution is -2.31. The van der Waals surface area contributed by atoms with Crippen LogP contribution in [-0.4, -0.2) is 46.6 Å². The van der Waals surface area contributed by atoms with Crippen molar-refractivity contribution in [3.05, 3.63) is 10.6 Å². The fourth-order valence-corrected chi connectivity index (χ4v) is 3.36. The molecule has 1 fully saturated rings. The molecule has 1 amide bonds. The monoisotopic (exact) mass is 296 g/mol. The minimum Gasteiger partial charge on any atom is -0.351 e. The third-order valence-corrected chi connectivity index (χ3v) is 4.41. The van der Waals surface area contributed by atoms with Gasteiger partial charge in [-0.25, -0.2) is 0 Å². The van der Waals surface area contributed by atoms with Crippen molar-refractivity contribution in [2.45, 2.75) is 33.6 Å². The molecule has 20 heavy (non-hydrogen) atoms. The maximum atomic E-state index is 12.1. The van der Waals surface area contributed by atoms with Crippen molar-refractivity contribution in [1.29, 1.82) is 0 Å². The van der Waals surface area contributed by atoms with Gasteiger partial charge in [0.15, 0.2) is 0 Å². The second kappa shape index (κ2) is 7.13. The van der Waals surface area contributed by atoms with E-state index in [4.69, 9.17) is 0 Å². The van der Waals surface area contributed by atoms with Crippen molar-refractivity contribution in [1.82, 2.24) is 19.8 Å². The van der Waals surface area contributed by atoms with Gasteiger partial charge in [0, 0.05) is 19.6 Å². The van der Waals surface area contributed by atoms with Gasteiger partial charge in [-0.1, -0.05) is 25.3 Å². The van der Waals surface area contributed by atoms with Gasteiger partial charge in [-0.15, -0.1) is 5.10 Å². The molecule has 1 aliphatic rings. The first-order valence-corrected chi connectivity index (χ1v) is 8.19. The Hall–Kier alpha value is -1.01. The van der Waals surface area contributed by atoms with Gasteiger partial charge in [-0.3, -0.25) is 4.79 Å². The lowest BCUT2D eigenvalue weighted by Gasteiger charge is -2.18. The number of amides is 1. The summed E-state index contributed by atoms with van der Waals surface area (Å²) in [4.78, 5) is 15.3. The number of carbonyl (C=O) groups is 1. The molecule has 2 heterocycles. The Kier molecular flexibility index (Phi) is 5.48. The molecule has 0 aliphatic carbocycles. The molecule has 1 saturated heterocycles. The fraction of sp³-hybridized carbons (Fsp3) is 0.786. The second-order valence-electron chi connectivity index (χ2n) is 5.92. The van der Waals surface area contributed by atoms with Crippen molar-refractivity contribution < 1.29 is 4.79 Å². The first kappa shape index (κ1) is 15.4. The number of hydrogen-bond donors (Lipinski definition) is 1. The molecule has 1 aromatic heterocycles.